The van der Waals surface area contributed by atoms with E-state index in [0.29, 0.717) is 17.5 Å². The van der Waals surface area contributed by atoms with Crippen LogP contribution in [0.2, 0.25) is 0 Å². The lowest BCUT2D eigenvalue weighted by atomic mass is 10.0. The smallest absolute Gasteiger partial charge is 0.274 e. The molecule has 1 unspecified atom stereocenters. The maximum atomic E-state index is 12.9. The lowest BCUT2D eigenvalue weighted by Gasteiger charge is -2.17. The van der Waals surface area contributed by atoms with Gasteiger partial charge in [-0.05, 0) is 54.4 Å². The molecule has 0 saturated carbocycles. The molecule has 0 aliphatic heterocycles. The summed E-state index contributed by atoms with van der Waals surface area (Å²) in [7, 11) is 3.20. The van der Waals surface area contributed by atoms with Gasteiger partial charge in [-0.25, -0.2) is 0 Å². The minimum atomic E-state index is -0.502. The quantitative estimate of drug-likeness (QED) is 0.418. The van der Waals surface area contributed by atoms with Crippen molar-refractivity contribution < 1.29 is 23.3 Å². The van der Waals surface area contributed by atoms with Crippen molar-refractivity contribution in [3.05, 3.63) is 66.2 Å². The summed E-state index contributed by atoms with van der Waals surface area (Å²) in [5, 5.41) is 10.9. The minimum absolute atomic E-state index is 0.00826. The Bertz CT molecular complexity index is 1210. The predicted octanol–water partition coefficient (Wildman–Crippen LogP) is 4.54. The Morgan fingerprint density at radius 1 is 0.879 bits per heavy atom. The summed E-state index contributed by atoms with van der Waals surface area (Å²) in [6.45, 7) is 3.90. The highest BCUT2D eigenvalue weighted by atomic mass is 16.5. The Labute approximate surface area is 190 Å². The molecule has 9 heteroatoms. The van der Waals surface area contributed by atoms with Crippen molar-refractivity contribution in [3.63, 3.8) is 0 Å². The summed E-state index contributed by atoms with van der Waals surface area (Å²) in [5.41, 5.74) is 1.71. The molecule has 1 N–H and O–H groups in total. The van der Waals surface area contributed by atoms with E-state index < -0.39 is 11.9 Å². The second kappa shape index (κ2) is 9.56. The highest BCUT2D eigenvalue weighted by molar-refractivity contribution is 5.93. The van der Waals surface area contributed by atoms with Gasteiger partial charge in [-0.2, -0.15) is 4.98 Å². The standard InChI is InChI=1S/C24H24N4O5/c1-14(2)21(24-26-22(28-33-24)16-7-11-18(31-4)12-8-16)25-23(29)19-13-20(32-27-19)15-5-9-17(30-3)10-6-15/h5-14,21H,1-4H3,(H,25,29). The molecule has 0 aliphatic carbocycles. The molecule has 2 aromatic heterocycles. The first-order valence-corrected chi connectivity index (χ1v) is 10.4. The molecule has 4 rings (SSSR count). The van der Waals surface area contributed by atoms with E-state index in [1.807, 2.05) is 62.4 Å². The van der Waals surface area contributed by atoms with Crippen molar-refractivity contribution >= 4 is 5.91 Å². The first-order valence-electron chi connectivity index (χ1n) is 10.4. The Morgan fingerprint density at radius 2 is 1.48 bits per heavy atom. The van der Waals surface area contributed by atoms with E-state index >= 15 is 0 Å². The van der Waals surface area contributed by atoms with Gasteiger partial charge in [-0.3, -0.25) is 4.79 Å². The number of rotatable bonds is 8. The molecule has 2 heterocycles. The number of nitrogens with one attached hydrogen (secondary N) is 1. The molecule has 1 atom stereocenters. The van der Waals surface area contributed by atoms with Crippen molar-refractivity contribution in [1.82, 2.24) is 20.6 Å². The third-order valence-electron chi connectivity index (χ3n) is 5.13. The van der Waals surface area contributed by atoms with Gasteiger partial charge < -0.3 is 23.8 Å². The maximum absolute atomic E-state index is 12.9. The van der Waals surface area contributed by atoms with Crippen LogP contribution in [0.1, 0.15) is 36.3 Å². The molecule has 0 bridgehead atoms. The third kappa shape index (κ3) is 4.87. The van der Waals surface area contributed by atoms with Crippen LogP contribution in [-0.2, 0) is 0 Å². The molecule has 33 heavy (non-hydrogen) atoms. The zero-order valence-corrected chi connectivity index (χ0v) is 18.7. The van der Waals surface area contributed by atoms with E-state index in [4.69, 9.17) is 18.5 Å². The fourth-order valence-corrected chi connectivity index (χ4v) is 3.22. The Kier molecular flexibility index (Phi) is 6.39. The number of aromatic nitrogens is 3. The van der Waals surface area contributed by atoms with Gasteiger partial charge in [0.1, 0.15) is 17.5 Å². The summed E-state index contributed by atoms with van der Waals surface area (Å²) in [6.07, 6.45) is 0. The maximum Gasteiger partial charge on any atom is 0.274 e. The lowest BCUT2D eigenvalue weighted by molar-refractivity contribution is 0.0904. The van der Waals surface area contributed by atoms with Crippen molar-refractivity contribution in [2.45, 2.75) is 19.9 Å². The van der Waals surface area contributed by atoms with Gasteiger partial charge >= 0.3 is 0 Å². The molecule has 0 fully saturated rings. The van der Waals surface area contributed by atoms with Gasteiger partial charge in [0, 0.05) is 17.2 Å². The predicted molar refractivity (Wildman–Crippen MR) is 120 cm³/mol. The molecule has 1 amide bonds. The third-order valence-corrected chi connectivity index (χ3v) is 5.13. The van der Waals surface area contributed by atoms with Crippen LogP contribution in [0.5, 0.6) is 11.5 Å². The Balaban J connectivity index is 1.50. The fourth-order valence-electron chi connectivity index (χ4n) is 3.22. The number of methoxy groups -OCH3 is 2. The monoisotopic (exact) mass is 448 g/mol. The number of benzene rings is 2. The second-order valence-corrected chi connectivity index (χ2v) is 7.68. The van der Waals surface area contributed by atoms with E-state index in [1.54, 1.807) is 20.3 Å². The number of hydrogen-bond donors (Lipinski definition) is 1. The number of nitrogens with zero attached hydrogens (tertiary/aromatic N) is 3. The van der Waals surface area contributed by atoms with Crippen LogP contribution >= 0.6 is 0 Å². The summed E-state index contributed by atoms with van der Waals surface area (Å²) in [6, 6.07) is 15.7. The van der Waals surface area contributed by atoms with Gasteiger partial charge in [0.25, 0.3) is 5.91 Å². The molecule has 9 nitrogen and oxygen atoms in total. The van der Waals surface area contributed by atoms with Crippen molar-refractivity contribution in [2.24, 2.45) is 5.92 Å². The summed E-state index contributed by atoms with van der Waals surface area (Å²) in [5.74, 6) is 2.26. The molecule has 0 aliphatic rings. The van der Waals surface area contributed by atoms with Crippen LogP contribution in [0.3, 0.4) is 0 Å². The van der Waals surface area contributed by atoms with E-state index in [0.717, 1.165) is 22.6 Å². The number of ether oxygens (including phenoxy) is 2. The van der Waals surface area contributed by atoms with E-state index in [2.05, 4.69) is 20.6 Å². The SMILES string of the molecule is COc1ccc(-c2noc(C(NC(=O)c3cc(-c4ccc(OC)cc4)on3)C(C)C)n2)cc1. The van der Waals surface area contributed by atoms with Crippen molar-refractivity contribution in [1.29, 1.82) is 0 Å². The molecule has 0 radical (unpaired) electrons. The average Bonchev–Trinajstić information content (AvgIpc) is 3.53. The first kappa shape index (κ1) is 22.1. The Morgan fingerprint density at radius 3 is 2.06 bits per heavy atom. The van der Waals surface area contributed by atoms with Crippen LogP contribution in [-0.4, -0.2) is 35.4 Å². The zero-order valence-electron chi connectivity index (χ0n) is 18.7. The number of carbonyl (C=O) groups excluding carboxylic acids is 1. The number of carbonyl (C=O) groups is 1. The lowest BCUT2D eigenvalue weighted by Crippen LogP contribution is -2.32. The molecule has 4 aromatic rings. The van der Waals surface area contributed by atoms with Crippen LogP contribution < -0.4 is 14.8 Å². The fraction of sp³-hybridized carbons (Fsp3) is 0.250. The van der Waals surface area contributed by atoms with Crippen molar-refractivity contribution in [3.8, 4) is 34.2 Å². The molecule has 0 spiro atoms. The average molecular weight is 448 g/mol. The van der Waals surface area contributed by atoms with Gasteiger partial charge in [0.05, 0.1) is 14.2 Å². The van der Waals surface area contributed by atoms with Crippen LogP contribution in [0.4, 0.5) is 0 Å². The van der Waals surface area contributed by atoms with Gasteiger partial charge in [-0.15, -0.1) is 0 Å². The molecule has 170 valence electrons. The zero-order chi connectivity index (χ0) is 23.4. The van der Waals surface area contributed by atoms with E-state index in [9.17, 15) is 4.79 Å². The van der Waals surface area contributed by atoms with E-state index in [-0.39, 0.29) is 11.6 Å². The number of amides is 1. The Hall–Kier alpha value is -4.14. The molecular formula is C24H24N4O5. The van der Waals surface area contributed by atoms with Crippen LogP contribution in [0.15, 0.2) is 63.6 Å². The highest BCUT2D eigenvalue weighted by Crippen LogP contribution is 2.26. The van der Waals surface area contributed by atoms with Crippen LogP contribution in [0, 0.1) is 5.92 Å². The topological polar surface area (TPSA) is 113 Å². The largest absolute Gasteiger partial charge is 0.497 e. The summed E-state index contributed by atoms with van der Waals surface area (Å²) in [4.78, 5) is 17.4. The normalized spacial score (nSPS) is 11.9. The second-order valence-electron chi connectivity index (χ2n) is 7.68. The highest BCUT2D eigenvalue weighted by Gasteiger charge is 2.27. The summed E-state index contributed by atoms with van der Waals surface area (Å²) < 4.78 is 21.2. The number of hydrogen-bond acceptors (Lipinski definition) is 8. The minimum Gasteiger partial charge on any atom is -0.497 e. The van der Waals surface area contributed by atoms with Gasteiger partial charge in [0.2, 0.25) is 11.7 Å². The van der Waals surface area contributed by atoms with Gasteiger partial charge in [-0.1, -0.05) is 24.2 Å². The summed E-state index contributed by atoms with van der Waals surface area (Å²) >= 11 is 0. The van der Waals surface area contributed by atoms with Gasteiger partial charge in [0.15, 0.2) is 11.5 Å². The molecule has 0 saturated heterocycles. The van der Waals surface area contributed by atoms with Crippen molar-refractivity contribution in [2.75, 3.05) is 14.2 Å². The molecule has 2 aromatic carbocycles. The first-order chi connectivity index (χ1) is 16.0. The van der Waals surface area contributed by atoms with E-state index in [1.165, 1.54) is 0 Å². The van der Waals surface area contributed by atoms with Crippen LogP contribution in [0.25, 0.3) is 22.7 Å². The molecular weight excluding hydrogens is 424 g/mol.